The Morgan fingerprint density at radius 2 is 2.10 bits per heavy atom. The third-order valence-electron chi connectivity index (χ3n) is 3.14. The van der Waals surface area contributed by atoms with Crippen molar-refractivity contribution < 1.29 is 9.53 Å². The van der Waals surface area contributed by atoms with Gasteiger partial charge in [-0.2, -0.15) is 0 Å². The summed E-state index contributed by atoms with van der Waals surface area (Å²) in [6, 6.07) is 9.31. The molecule has 0 aliphatic heterocycles. The molecule has 0 radical (unpaired) electrons. The normalized spacial score (nSPS) is 13.5. The first-order valence-electron chi connectivity index (χ1n) is 6.74. The first-order valence-corrected chi connectivity index (χ1v) is 7.99. The van der Waals surface area contributed by atoms with Gasteiger partial charge in [0.25, 0.3) is 5.91 Å². The number of halogens is 1. The van der Waals surface area contributed by atoms with Crippen LogP contribution in [0.4, 0.5) is 0 Å². The number of carbonyl (C=O) groups excluding carboxylic acids is 1. The van der Waals surface area contributed by atoms with Crippen LogP contribution in [0, 0.1) is 6.92 Å². The summed E-state index contributed by atoms with van der Waals surface area (Å²) in [5.41, 5.74) is 0.911. The van der Waals surface area contributed by atoms with Gasteiger partial charge in [0.05, 0.1) is 6.04 Å². The first-order chi connectivity index (χ1) is 9.97. The van der Waals surface area contributed by atoms with E-state index in [1.807, 2.05) is 37.4 Å². The molecule has 1 amide bonds. The Kier molecular flexibility index (Phi) is 5.26. The van der Waals surface area contributed by atoms with Crippen LogP contribution in [0.15, 0.2) is 35.7 Å². The number of benzene rings is 1. The second kappa shape index (κ2) is 6.96. The number of carbonyl (C=O) groups is 1. The van der Waals surface area contributed by atoms with Gasteiger partial charge in [-0.05, 0) is 56.0 Å². The monoisotopic (exact) mass is 323 g/mol. The number of hydrogen-bond acceptors (Lipinski definition) is 3. The Morgan fingerprint density at radius 3 is 2.71 bits per heavy atom. The molecule has 3 nitrogen and oxygen atoms in total. The number of rotatable bonds is 5. The van der Waals surface area contributed by atoms with Gasteiger partial charge < -0.3 is 10.1 Å². The Balaban J connectivity index is 1.96. The second-order valence-electron chi connectivity index (χ2n) is 4.92. The molecule has 1 N–H and O–H groups in total. The molecule has 112 valence electrons. The minimum absolute atomic E-state index is 0.0186. The molecular formula is C16H18ClNO2S. The van der Waals surface area contributed by atoms with E-state index in [9.17, 15) is 4.79 Å². The molecule has 1 aromatic carbocycles. The zero-order valence-electron chi connectivity index (χ0n) is 12.2. The van der Waals surface area contributed by atoms with Crippen molar-refractivity contribution in [3.63, 3.8) is 0 Å². The molecule has 1 heterocycles. The molecule has 0 fully saturated rings. The molecule has 21 heavy (non-hydrogen) atoms. The van der Waals surface area contributed by atoms with Crippen LogP contribution >= 0.6 is 22.9 Å². The standard InChI is InChI=1S/C16H18ClNO2S/c1-10-9-13(17)6-7-14(10)20-12(3)16(19)18-11(2)15-5-4-8-21-15/h4-9,11-12H,1-3H3,(H,18,19)/t11-,12+/m0/s1. The fourth-order valence-electron chi connectivity index (χ4n) is 1.93. The number of ether oxygens (including phenoxy) is 1. The average Bonchev–Trinajstić information content (AvgIpc) is 2.95. The van der Waals surface area contributed by atoms with Crippen LogP contribution < -0.4 is 10.1 Å². The lowest BCUT2D eigenvalue weighted by atomic mass is 10.2. The lowest BCUT2D eigenvalue weighted by Gasteiger charge is -2.19. The van der Waals surface area contributed by atoms with Crippen molar-refractivity contribution in [3.05, 3.63) is 51.2 Å². The van der Waals surface area contributed by atoms with Crippen molar-refractivity contribution in [1.82, 2.24) is 5.32 Å². The minimum atomic E-state index is -0.563. The lowest BCUT2D eigenvalue weighted by molar-refractivity contribution is -0.127. The summed E-state index contributed by atoms with van der Waals surface area (Å²) in [6.07, 6.45) is -0.563. The molecule has 0 bridgehead atoms. The number of amides is 1. The lowest BCUT2D eigenvalue weighted by Crippen LogP contribution is -2.37. The summed E-state index contributed by atoms with van der Waals surface area (Å²) in [5, 5.41) is 5.60. The molecule has 2 aromatic rings. The van der Waals surface area contributed by atoms with Gasteiger partial charge in [0.15, 0.2) is 6.10 Å². The summed E-state index contributed by atoms with van der Waals surface area (Å²) in [4.78, 5) is 13.3. The fourth-order valence-corrected chi connectivity index (χ4v) is 2.89. The zero-order chi connectivity index (χ0) is 15.4. The smallest absolute Gasteiger partial charge is 0.261 e. The van der Waals surface area contributed by atoms with Gasteiger partial charge in [-0.3, -0.25) is 4.79 Å². The van der Waals surface area contributed by atoms with Crippen LogP contribution in [-0.4, -0.2) is 12.0 Å². The van der Waals surface area contributed by atoms with Crippen LogP contribution in [0.2, 0.25) is 5.02 Å². The van der Waals surface area contributed by atoms with E-state index in [-0.39, 0.29) is 11.9 Å². The summed E-state index contributed by atoms with van der Waals surface area (Å²) < 4.78 is 5.71. The van der Waals surface area contributed by atoms with Crippen LogP contribution in [0.1, 0.15) is 30.3 Å². The van der Waals surface area contributed by atoms with Gasteiger partial charge in [0.2, 0.25) is 0 Å². The maximum atomic E-state index is 12.2. The van der Waals surface area contributed by atoms with Crippen molar-refractivity contribution in [3.8, 4) is 5.75 Å². The van der Waals surface area contributed by atoms with E-state index in [1.54, 1.807) is 30.4 Å². The molecule has 2 rings (SSSR count). The van der Waals surface area contributed by atoms with E-state index < -0.39 is 6.10 Å². The third-order valence-corrected chi connectivity index (χ3v) is 4.43. The largest absolute Gasteiger partial charge is 0.481 e. The summed E-state index contributed by atoms with van der Waals surface area (Å²) >= 11 is 7.53. The molecular weight excluding hydrogens is 306 g/mol. The fraction of sp³-hybridized carbons (Fsp3) is 0.312. The van der Waals surface area contributed by atoms with Crippen molar-refractivity contribution in [2.45, 2.75) is 32.9 Å². The average molecular weight is 324 g/mol. The zero-order valence-corrected chi connectivity index (χ0v) is 13.8. The quantitative estimate of drug-likeness (QED) is 0.888. The molecule has 0 aliphatic carbocycles. The van der Waals surface area contributed by atoms with E-state index in [0.29, 0.717) is 10.8 Å². The Hall–Kier alpha value is -1.52. The molecule has 0 spiro atoms. The van der Waals surface area contributed by atoms with E-state index in [0.717, 1.165) is 10.4 Å². The third kappa shape index (κ3) is 4.22. The van der Waals surface area contributed by atoms with Crippen molar-refractivity contribution >= 4 is 28.8 Å². The van der Waals surface area contributed by atoms with Gasteiger partial charge >= 0.3 is 0 Å². The van der Waals surface area contributed by atoms with E-state index >= 15 is 0 Å². The minimum Gasteiger partial charge on any atom is -0.481 e. The highest BCUT2D eigenvalue weighted by molar-refractivity contribution is 7.10. The van der Waals surface area contributed by atoms with Crippen LogP contribution in [-0.2, 0) is 4.79 Å². The summed E-state index contributed by atoms with van der Waals surface area (Å²) in [5.74, 6) is 0.538. The van der Waals surface area contributed by atoms with Crippen molar-refractivity contribution in [1.29, 1.82) is 0 Å². The SMILES string of the molecule is Cc1cc(Cl)ccc1O[C@H](C)C(=O)N[C@@H](C)c1cccs1. The molecule has 0 unspecified atom stereocenters. The van der Waals surface area contributed by atoms with E-state index in [4.69, 9.17) is 16.3 Å². The number of hydrogen-bond donors (Lipinski definition) is 1. The van der Waals surface area contributed by atoms with E-state index in [2.05, 4.69) is 5.32 Å². The highest BCUT2D eigenvalue weighted by Gasteiger charge is 2.18. The Bertz CT molecular complexity index is 613. The van der Waals surface area contributed by atoms with Crippen LogP contribution in [0.5, 0.6) is 5.75 Å². The maximum absolute atomic E-state index is 12.2. The topological polar surface area (TPSA) is 38.3 Å². The number of aryl methyl sites for hydroxylation is 1. The molecule has 2 atom stereocenters. The van der Waals surface area contributed by atoms with Gasteiger partial charge in [0, 0.05) is 9.90 Å². The predicted molar refractivity (Wildman–Crippen MR) is 87.2 cm³/mol. The second-order valence-corrected chi connectivity index (χ2v) is 6.33. The highest BCUT2D eigenvalue weighted by atomic mass is 35.5. The molecule has 0 saturated heterocycles. The van der Waals surface area contributed by atoms with Crippen molar-refractivity contribution in [2.75, 3.05) is 0 Å². The van der Waals surface area contributed by atoms with Gasteiger partial charge in [0.1, 0.15) is 5.75 Å². The Labute approximate surface area is 133 Å². The maximum Gasteiger partial charge on any atom is 0.261 e. The van der Waals surface area contributed by atoms with E-state index in [1.165, 1.54) is 0 Å². The number of thiophene rings is 1. The number of nitrogens with one attached hydrogen (secondary N) is 1. The van der Waals surface area contributed by atoms with Gasteiger partial charge in [-0.15, -0.1) is 11.3 Å². The highest BCUT2D eigenvalue weighted by Crippen LogP contribution is 2.23. The van der Waals surface area contributed by atoms with Crippen LogP contribution in [0.25, 0.3) is 0 Å². The molecule has 5 heteroatoms. The summed E-state index contributed by atoms with van der Waals surface area (Å²) in [7, 11) is 0. The molecule has 0 saturated carbocycles. The summed E-state index contributed by atoms with van der Waals surface area (Å²) in [6.45, 7) is 5.61. The van der Waals surface area contributed by atoms with Crippen molar-refractivity contribution in [2.24, 2.45) is 0 Å². The van der Waals surface area contributed by atoms with Gasteiger partial charge in [-0.25, -0.2) is 0 Å². The van der Waals surface area contributed by atoms with Gasteiger partial charge in [-0.1, -0.05) is 17.7 Å². The molecule has 1 aromatic heterocycles. The first kappa shape index (κ1) is 15.9. The molecule has 0 aliphatic rings. The predicted octanol–water partition coefficient (Wildman–Crippen LogP) is 4.35. The van der Waals surface area contributed by atoms with Crippen LogP contribution in [0.3, 0.4) is 0 Å². The Morgan fingerprint density at radius 1 is 1.33 bits per heavy atom.